The van der Waals surface area contributed by atoms with E-state index in [9.17, 15) is 10.1 Å². The summed E-state index contributed by atoms with van der Waals surface area (Å²) < 4.78 is 10.8. The summed E-state index contributed by atoms with van der Waals surface area (Å²) in [7, 11) is 1.62. The van der Waals surface area contributed by atoms with Gasteiger partial charge in [0.05, 0.1) is 18.6 Å². The van der Waals surface area contributed by atoms with Crippen LogP contribution in [0.5, 0.6) is 11.5 Å². The second-order valence-electron chi connectivity index (χ2n) is 5.33. The smallest absolute Gasteiger partial charge is 0.269 e. The molecule has 7 heteroatoms. The largest absolute Gasteiger partial charge is 0.493 e. The predicted octanol–water partition coefficient (Wildman–Crippen LogP) is 3.20. The van der Waals surface area contributed by atoms with Crippen LogP contribution >= 0.6 is 0 Å². The first-order valence-corrected chi connectivity index (χ1v) is 8.12. The molecular formula is C18H23N3O4. The van der Waals surface area contributed by atoms with Crippen LogP contribution < -0.4 is 20.1 Å². The number of methoxy groups -OCH3 is 1. The number of ether oxygens (including phenoxy) is 2. The fourth-order valence-corrected chi connectivity index (χ4v) is 2.33. The van der Waals surface area contributed by atoms with Crippen LogP contribution in [-0.2, 0) is 6.54 Å². The van der Waals surface area contributed by atoms with E-state index < -0.39 is 4.92 Å². The Balaban J connectivity index is 1.75. The summed E-state index contributed by atoms with van der Waals surface area (Å²) in [6.07, 6.45) is 0. The van der Waals surface area contributed by atoms with Crippen molar-refractivity contribution in [1.82, 2.24) is 5.32 Å². The number of nitrogens with one attached hydrogen (secondary N) is 2. The van der Waals surface area contributed by atoms with E-state index in [0.717, 1.165) is 29.3 Å². The summed E-state index contributed by atoms with van der Waals surface area (Å²) in [6.45, 7) is 4.71. The van der Waals surface area contributed by atoms with Crippen molar-refractivity contribution in [2.45, 2.75) is 13.5 Å². The first kappa shape index (κ1) is 18.5. The molecule has 0 fully saturated rings. The molecule has 0 heterocycles. The number of nitrogens with zero attached hydrogens (tertiary/aromatic N) is 1. The Hall–Kier alpha value is -2.80. The summed E-state index contributed by atoms with van der Waals surface area (Å²) in [5.74, 6) is 1.47. The van der Waals surface area contributed by atoms with E-state index in [1.165, 1.54) is 12.1 Å². The third-order valence-electron chi connectivity index (χ3n) is 3.57. The molecule has 2 rings (SSSR count). The van der Waals surface area contributed by atoms with Crippen molar-refractivity contribution < 1.29 is 14.4 Å². The molecule has 0 radical (unpaired) electrons. The van der Waals surface area contributed by atoms with Crippen molar-refractivity contribution in [3.8, 4) is 11.5 Å². The zero-order valence-corrected chi connectivity index (χ0v) is 14.5. The maximum Gasteiger partial charge on any atom is 0.269 e. The van der Waals surface area contributed by atoms with Crippen LogP contribution in [0, 0.1) is 10.1 Å². The summed E-state index contributed by atoms with van der Waals surface area (Å²) in [5.41, 5.74) is 2.06. The van der Waals surface area contributed by atoms with Gasteiger partial charge in [0.25, 0.3) is 5.69 Å². The highest BCUT2D eigenvalue weighted by Crippen LogP contribution is 2.27. The van der Waals surface area contributed by atoms with E-state index >= 15 is 0 Å². The van der Waals surface area contributed by atoms with Gasteiger partial charge in [0.15, 0.2) is 11.5 Å². The molecule has 0 aliphatic carbocycles. The average molecular weight is 345 g/mol. The quantitative estimate of drug-likeness (QED) is 0.391. The predicted molar refractivity (Wildman–Crippen MR) is 97.5 cm³/mol. The number of rotatable bonds is 10. The zero-order chi connectivity index (χ0) is 18.1. The van der Waals surface area contributed by atoms with Gasteiger partial charge in [-0.05, 0) is 36.8 Å². The number of hydrogen-bond acceptors (Lipinski definition) is 6. The van der Waals surface area contributed by atoms with Gasteiger partial charge < -0.3 is 20.1 Å². The fraction of sp³-hybridized carbons (Fsp3) is 0.333. The third kappa shape index (κ3) is 5.65. The second kappa shape index (κ2) is 9.48. The standard InChI is InChI=1S/C18H23N3O4/c1-3-25-18-12-14(4-9-17(18)24-2)13-19-10-11-20-15-5-7-16(8-6-15)21(22)23/h4-9,12,19-20H,3,10-11,13H2,1-2H3. The maximum atomic E-state index is 10.6. The molecule has 2 aromatic rings. The number of anilines is 1. The minimum absolute atomic E-state index is 0.0910. The average Bonchev–Trinajstić information content (AvgIpc) is 2.62. The van der Waals surface area contributed by atoms with E-state index in [1.807, 2.05) is 25.1 Å². The number of hydrogen-bond donors (Lipinski definition) is 2. The summed E-state index contributed by atoms with van der Waals surface area (Å²) in [4.78, 5) is 10.2. The maximum absolute atomic E-state index is 10.6. The third-order valence-corrected chi connectivity index (χ3v) is 3.57. The number of non-ortho nitro benzene ring substituents is 1. The van der Waals surface area contributed by atoms with Crippen molar-refractivity contribution in [3.63, 3.8) is 0 Å². The van der Waals surface area contributed by atoms with Gasteiger partial charge in [0, 0.05) is 37.5 Å². The van der Waals surface area contributed by atoms with Crippen LogP contribution in [0.25, 0.3) is 0 Å². The Bertz CT molecular complexity index is 689. The van der Waals surface area contributed by atoms with Crippen molar-refractivity contribution in [3.05, 3.63) is 58.1 Å². The van der Waals surface area contributed by atoms with E-state index in [1.54, 1.807) is 19.2 Å². The Kier molecular flexibility index (Phi) is 7.03. The van der Waals surface area contributed by atoms with Crippen LogP contribution in [0.15, 0.2) is 42.5 Å². The van der Waals surface area contributed by atoms with Gasteiger partial charge >= 0.3 is 0 Å². The topological polar surface area (TPSA) is 85.7 Å². The molecule has 134 valence electrons. The highest BCUT2D eigenvalue weighted by atomic mass is 16.6. The Morgan fingerprint density at radius 2 is 1.84 bits per heavy atom. The summed E-state index contributed by atoms with van der Waals surface area (Å²) in [6, 6.07) is 12.3. The molecule has 0 aliphatic rings. The lowest BCUT2D eigenvalue weighted by Crippen LogP contribution is -2.21. The normalized spacial score (nSPS) is 10.3. The van der Waals surface area contributed by atoms with Crippen molar-refractivity contribution in [1.29, 1.82) is 0 Å². The molecule has 7 nitrogen and oxygen atoms in total. The number of nitro benzene ring substituents is 1. The second-order valence-corrected chi connectivity index (χ2v) is 5.33. The fourth-order valence-electron chi connectivity index (χ4n) is 2.33. The Labute approximate surface area is 147 Å². The van der Waals surface area contributed by atoms with Gasteiger partial charge in [-0.3, -0.25) is 10.1 Å². The van der Waals surface area contributed by atoms with Gasteiger partial charge in [0.1, 0.15) is 0 Å². The molecule has 0 aromatic heterocycles. The monoisotopic (exact) mass is 345 g/mol. The van der Waals surface area contributed by atoms with E-state index in [-0.39, 0.29) is 5.69 Å². The zero-order valence-electron chi connectivity index (χ0n) is 14.5. The highest BCUT2D eigenvalue weighted by molar-refractivity contribution is 5.48. The van der Waals surface area contributed by atoms with Crippen LogP contribution in [0.1, 0.15) is 12.5 Å². The van der Waals surface area contributed by atoms with Gasteiger partial charge in [-0.2, -0.15) is 0 Å². The van der Waals surface area contributed by atoms with Crippen molar-refractivity contribution in [2.75, 3.05) is 32.1 Å². The minimum atomic E-state index is -0.406. The van der Waals surface area contributed by atoms with E-state index in [2.05, 4.69) is 10.6 Å². The molecule has 2 N–H and O–H groups in total. The first-order valence-electron chi connectivity index (χ1n) is 8.12. The lowest BCUT2D eigenvalue weighted by atomic mass is 10.2. The summed E-state index contributed by atoms with van der Waals surface area (Å²) in [5, 5.41) is 17.2. The van der Waals surface area contributed by atoms with Crippen molar-refractivity contribution in [2.24, 2.45) is 0 Å². The molecule has 0 unspecified atom stereocenters. The molecular weight excluding hydrogens is 322 g/mol. The molecule has 0 amide bonds. The van der Waals surface area contributed by atoms with Gasteiger partial charge in [-0.25, -0.2) is 0 Å². The van der Waals surface area contributed by atoms with Crippen LogP contribution in [0.3, 0.4) is 0 Å². The van der Waals surface area contributed by atoms with Crippen LogP contribution in [0.4, 0.5) is 11.4 Å². The van der Waals surface area contributed by atoms with Gasteiger partial charge in [-0.15, -0.1) is 0 Å². The molecule has 0 bridgehead atoms. The van der Waals surface area contributed by atoms with E-state index in [0.29, 0.717) is 19.7 Å². The molecule has 0 aliphatic heterocycles. The lowest BCUT2D eigenvalue weighted by molar-refractivity contribution is -0.384. The lowest BCUT2D eigenvalue weighted by Gasteiger charge is -2.12. The Morgan fingerprint density at radius 3 is 2.48 bits per heavy atom. The SMILES string of the molecule is CCOc1cc(CNCCNc2ccc([N+](=O)[O-])cc2)ccc1OC. The van der Waals surface area contributed by atoms with Crippen LogP contribution in [0.2, 0.25) is 0 Å². The number of benzene rings is 2. The minimum Gasteiger partial charge on any atom is -0.493 e. The summed E-state index contributed by atoms with van der Waals surface area (Å²) >= 11 is 0. The molecule has 25 heavy (non-hydrogen) atoms. The highest BCUT2D eigenvalue weighted by Gasteiger charge is 2.05. The van der Waals surface area contributed by atoms with Crippen LogP contribution in [-0.4, -0.2) is 31.7 Å². The Morgan fingerprint density at radius 1 is 1.08 bits per heavy atom. The van der Waals surface area contributed by atoms with E-state index in [4.69, 9.17) is 9.47 Å². The molecule has 0 spiro atoms. The van der Waals surface area contributed by atoms with Gasteiger partial charge in [-0.1, -0.05) is 6.07 Å². The molecule has 0 saturated heterocycles. The first-order chi connectivity index (χ1) is 12.1. The number of nitro groups is 1. The van der Waals surface area contributed by atoms with Gasteiger partial charge in [0.2, 0.25) is 0 Å². The van der Waals surface area contributed by atoms with Crippen molar-refractivity contribution >= 4 is 11.4 Å². The molecule has 0 atom stereocenters. The molecule has 0 saturated carbocycles. The molecule has 2 aromatic carbocycles.